The van der Waals surface area contributed by atoms with E-state index in [-0.39, 0.29) is 31.9 Å². The van der Waals surface area contributed by atoms with E-state index in [0.29, 0.717) is 6.42 Å². The Labute approximate surface area is 147 Å². The van der Waals surface area contributed by atoms with Crippen molar-refractivity contribution in [3.05, 3.63) is 35.9 Å². The number of aliphatic hydroxyl groups excluding tert-OH is 1. The molecule has 0 spiro atoms. The first-order valence-electron chi connectivity index (χ1n) is 8.31. The van der Waals surface area contributed by atoms with Crippen molar-refractivity contribution in [3.63, 3.8) is 0 Å². The molecule has 1 saturated heterocycles. The van der Waals surface area contributed by atoms with Crippen LogP contribution in [-0.4, -0.2) is 64.6 Å². The molecule has 1 aliphatic heterocycles. The van der Waals surface area contributed by atoms with Gasteiger partial charge in [-0.05, 0) is 18.9 Å². The number of β-amino-alcohol motifs (C(OH)–C–C–N with tert-alkyl or cyclic N) is 1. The number of carbonyl (C=O) groups is 2. The largest absolute Gasteiger partial charge is 0.480 e. The zero-order valence-corrected chi connectivity index (χ0v) is 15.1. The summed E-state index contributed by atoms with van der Waals surface area (Å²) in [6.45, 7) is 1.87. The Morgan fingerprint density at radius 2 is 2.00 bits per heavy atom. The zero-order valence-electron chi connectivity index (χ0n) is 14.2. The quantitative estimate of drug-likeness (QED) is 0.675. The van der Waals surface area contributed by atoms with Crippen LogP contribution in [0.5, 0.6) is 0 Å². The molecule has 0 aliphatic carbocycles. The van der Waals surface area contributed by atoms with E-state index in [1.54, 1.807) is 6.92 Å². The van der Waals surface area contributed by atoms with Crippen molar-refractivity contribution in [2.45, 2.75) is 31.9 Å². The fraction of sp³-hybridized carbons (Fsp3) is 0.529. The molecule has 1 aromatic rings. The van der Waals surface area contributed by atoms with Crippen molar-refractivity contribution in [2.24, 2.45) is 0 Å². The van der Waals surface area contributed by atoms with Crippen LogP contribution in [0.3, 0.4) is 0 Å². The van der Waals surface area contributed by atoms with E-state index < -0.39 is 31.4 Å². The highest BCUT2D eigenvalue weighted by Crippen LogP contribution is 2.47. The predicted molar refractivity (Wildman–Crippen MR) is 92.9 cm³/mol. The van der Waals surface area contributed by atoms with Gasteiger partial charge in [-0.15, -0.1) is 0 Å². The molecule has 8 heteroatoms. The van der Waals surface area contributed by atoms with E-state index in [9.17, 15) is 24.4 Å². The fourth-order valence-corrected chi connectivity index (χ4v) is 5.03. The Kier molecular flexibility index (Phi) is 6.76. The minimum atomic E-state index is -3.24. The van der Waals surface area contributed by atoms with Crippen LogP contribution >= 0.6 is 7.37 Å². The number of carboxylic acid groups (broad SMARTS) is 1. The molecular weight excluding hydrogens is 345 g/mol. The lowest BCUT2D eigenvalue weighted by molar-refractivity contribution is -0.147. The first kappa shape index (κ1) is 19.6. The minimum Gasteiger partial charge on any atom is -0.480 e. The molecule has 138 valence electrons. The van der Waals surface area contributed by atoms with E-state index in [2.05, 4.69) is 0 Å². The first-order chi connectivity index (χ1) is 11.8. The molecule has 0 saturated carbocycles. The summed E-state index contributed by atoms with van der Waals surface area (Å²) in [6, 6.07) is 8.40. The normalized spacial score (nSPS) is 22.6. The summed E-state index contributed by atoms with van der Waals surface area (Å²) in [5, 5.41) is 18.9. The molecule has 1 aromatic carbocycles. The summed E-state index contributed by atoms with van der Waals surface area (Å²) >= 11 is 0. The van der Waals surface area contributed by atoms with Gasteiger partial charge in [0.15, 0.2) is 0 Å². The van der Waals surface area contributed by atoms with E-state index in [1.165, 1.54) is 0 Å². The average molecular weight is 369 g/mol. The van der Waals surface area contributed by atoms with E-state index >= 15 is 0 Å². The number of hydrogen-bond donors (Lipinski definition) is 2. The average Bonchev–Trinajstić information content (AvgIpc) is 2.97. The van der Waals surface area contributed by atoms with Gasteiger partial charge >= 0.3 is 5.97 Å². The Morgan fingerprint density at radius 1 is 1.32 bits per heavy atom. The highest BCUT2D eigenvalue weighted by atomic mass is 31.2. The molecule has 1 unspecified atom stereocenters. The van der Waals surface area contributed by atoms with Gasteiger partial charge in [-0.25, -0.2) is 4.79 Å². The topological polar surface area (TPSA) is 104 Å². The maximum atomic E-state index is 13.0. The number of benzene rings is 1. The van der Waals surface area contributed by atoms with Gasteiger partial charge in [0.05, 0.1) is 12.7 Å². The molecule has 2 N–H and O–H groups in total. The third kappa shape index (κ3) is 5.39. The van der Waals surface area contributed by atoms with Gasteiger partial charge in [-0.1, -0.05) is 30.3 Å². The molecule has 1 amide bonds. The molecule has 7 nitrogen and oxygen atoms in total. The van der Waals surface area contributed by atoms with Crippen LogP contribution in [-0.2, 0) is 25.1 Å². The number of rotatable bonds is 8. The molecule has 0 radical (unpaired) electrons. The molecule has 25 heavy (non-hydrogen) atoms. The monoisotopic (exact) mass is 369 g/mol. The fourth-order valence-electron chi connectivity index (χ4n) is 2.99. The molecule has 2 rings (SSSR count). The van der Waals surface area contributed by atoms with Crippen molar-refractivity contribution in [2.75, 3.05) is 25.5 Å². The zero-order chi connectivity index (χ0) is 18.4. The van der Waals surface area contributed by atoms with E-state index in [4.69, 9.17) is 4.52 Å². The summed E-state index contributed by atoms with van der Waals surface area (Å²) in [5.41, 5.74) is 0.995. The number of hydrogen-bond acceptors (Lipinski definition) is 5. The van der Waals surface area contributed by atoms with Crippen LogP contribution in [0.25, 0.3) is 0 Å². The van der Waals surface area contributed by atoms with Gasteiger partial charge in [0.2, 0.25) is 13.3 Å². The summed E-state index contributed by atoms with van der Waals surface area (Å²) in [5.74, 6) is -1.71. The number of aliphatic carboxylic acids is 1. The smallest absolute Gasteiger partial charge is 0.326 e. The number of aryl methyl sites for hydroxylation is 1. The van der Waals surface area contributed by atoms with E-state index in [1.807, 2.05) is 30.3 Å². The predicted octanol–water partition coefficient (Wildman–Crippen LogP) is 1.59. The summed E-state index contributed by atoms with van der Waals surface area (Å²) in [4.78, 5) is 24.9. The van der Waals surface area contributed by atoms with Gasteiger partial charge in [0.25, 0.3) is 0 Å². The van der Waals surface area contributed by atoms with Crippen molar-refractivity contribution in [3.8, 4) is 0 Å². The molecule has 1 aliphatic rings. The minimum absolute atomic E-state index is 0.00990. The number of aliphatic hydroxyl groups is 1. The second kappa shape index (κ2) is 8.61. The second-order valence-corrected chi connectivity index (χ2v) is 8.79. The van der Waals surface area contributed by atoms with Gasteiger partial charge in [-0.2, -0.15) is 0 Å². The Hall–Kier alpha value is -1.69. The number of carboxylic acids is 1. The maximum Gasteiger partial charge on any atom is 0.326 e. The lowest BCUT2D eigenvalue weighted by atomic mass is 10.2. The number of nitrogens with zero attached hydrogens (tertiary/aromatic N) is 1. The molecule has 1 heterocycles. The summed E-state index contributed by atoms with van der Waals surface area (Å²) in [7, 11) is -3.24. The van der Waals surface area contributed by atoms with Gasteiger partial charge in [0, 0.05) is 19.1 Å². The van der Waals surface area contributed by atoms with Gasteiger partial charge < -0.3 is 19.6 Å². The van der Waals surface area contributed by atoms with Gasteiger partial charge in [0.1, 0.15) is 12.2 Å². The van der Waals surface area contributed by atoms with Crippen molar-refractivity contribution in [1.82, 2.24) is 4.90 Å². The van der Waals surface area contributed by atoms with Crippen molar-refractivity contribution < 1.29 is 28.9 Å². The van der Waals surface area contributed by atoms with Crippen LogP contribution in [0.2, 0.25) is 0 Å². The molecule has 0 bridgehead atoms. The highest BCUT2D eigenvalue weighted by Gasteiger charge is 2.41. The van der Waals surface area contributed by atoms with Crippen LogP contribution in [0.15, 0.2) is 30.3 Å². The number of amides is 1. The third-order valence-electron chi connectivity index (χ3n) is 4.21. The highest BCUT2D eigenvalue weighted by molar-refractivity contribution is 7.59. The lowest BCUT2D eigenvalue weighted by Gasteiger charge is -2.24. The molecular formula is C17H24NO6P. The number of likely N-dealkylation sites (tertiary alicyclic amines) is 1. The van der Waals surface area contributed by atoms with Crippen molar-refractivity contribution in [1.29, 1.82) is 0 Å². The standard InChI is InChI=1S/C17H24NO6P/c1-2-24-25(23,9-8-13-6-4-3-5-7-13)12-16(20)18-11-14(19)10-15(18)17(21)22/h3-7,14-15,19H,2,8-12H2,1H3,(H,21,22)/t14-,15+,25?/m1/s1. The van der Waals surface area contributed by atoms with Crippen LogP contribution in [0.1, 0.15) is 18.9 Å². The van der Waals surface area contributed by atoms with Crippen LogP contribution in [0, 0.1) is 0 Å². The summed E-state index contributed by atoms with van der Waals surface area (Å²) < 4.78 is 18.4. The molecule has 3 atom stereocenters. The second-order valence-electron chi connectivity index (χ2n) is 6.14. The maximum absolute atomic E-state index is 13.0. The third-order valence-corrected chi connectivity index (χ3v) is 6.60. The Morgan fingerprint density at radius 3 is 2.60 bits per heavy atom. The van der Waals surface area contributed by atoms with Crippen molar-refractivity contribution >= 4 is 19.2 Å². The van der Waals surface area contributed by atoms with Crippen LogP contribution in [0.4, 0.5) is 0 Å². The van der Waals surface area contributed by atoms with Crippen LogP contribution < -0.4 is 0 Å². The summed E-state index contributed by atoms with van der Waals surface area (Å²) in [6.07, 6.45) is -0.504. The number of carbonyl (C=O) groups excluding carboxylic acids is 1. The first-order valence-corrected chi connectivity index (χ1v) is 10.3. The van der Waals surface area contributed by atoms with Gasteiger partial charge in [-0.3, -0.25) is 9.36 Å². The Balaban J connectivity index is 2.05. The molecule has 0 aromatic heterocycles. The molecule has 1 fully saturated rings. The Bertz CT molecular complexity index is 650. The lowest BCUT2D eigenvalue weighted by Crippen LogP contribution is -2.42. The van der Waals surface area contributed by atoms with E-state index in [0.717, 1.165) is 10.5 Å². The SMILES string of the molecule is CCOP(=O)(CCc1ccccc1)CC(=O)N1C[C@H](O)C[C@H]1C(=O)O.